The lowest BCUT2D eigenvalue weighted by Gasteiger charge is -2.09. The van der Waals surface area contributed by atoms with E-state index in [1.807, 2.05) is 24.3 Å². The van der Waals surface area contributed by atoms with Gasteiger partial charge in [0.2, 0.25) is 5.78 Å². The molecule has 0 aliphatic carbocycles. The van der Waals surface area contributed by atoms with Gasteiger partial charge in [-0.1, -0.05) is 24.3 Å². The van der Waals surface area contributed by atoms with Crippen molar-refractivity contribution in [2.75, 3.05) is 20.8 Å². The maximum absolute atomic E-state index is 13.3. The van der Waals surface area contributed by atoms with E-state index in [4.69, 9.17) is 14.2 Å². The first-order valence-electron chi connectivity index (χ1n) is 9.42. The van der Waals surface area contributed by atoms with Crippen LogP contribution in [0.15, 0.2) is 54.7 Å². The van der Waals surface area contributed by atoms with Gasteiger partial charge in [-0.15, -0.1) is 0 Å². The predicted molar refractivity (Wildman–Crippen MR) is 112 cm³/mol. The Morgan fingerprint density at radius 3 is 2.50 bits per heavy atom. The lowest BCUT2D eigenvalue weighted by molar-refractivity contribution is 0.0529. The van der Waals surface area contributed by atoms with E-state index in [0.29, 0.717) is 28.1 Å². The number of hydrogen-bond acceptors (Lipinski definition) is 6. The van der Waals surface area contributed by atoms with Crippen molar-refractivity contribution in [3.8, 4) is 11.5 Å². The van der Waals surface area contributed by atoms with Crippen molar-refractivity contribution < 1.29 is 23.8 Å². The summed E-state index contributed by atoms with van der Waals surface area (Å²) in [7, 11) is 3.03. The van der Waals surface area contributed by atoms with Crippen LogP contribution in [0, 0.1) is 0 Å². The monoisotopic (exact) mass is 404 g/mol. The van der Waals surface area contributed by atoms with E-state index in [9.17, 15) is 9.59 Å². The minimum atomic E-state index is -0.500. The topological polar surface area (TPSA) is 79.1 Å². The van der Waals surface area contributed by atoms with Crippen molar-refractivity contribution in [2.45, 2.75) is 6.92 Å². The highest BCUT2D eigenvalue weighted by atomic mass is 16.5. The molecule has 2 aromatic heterocycles. The third-order valence-electron chi connectivity index (χ3n) is 4.88. The van der Waals surface area contributed by atoms with E-state index in [0.717, 1.165) is 10.8 Å². The molecule has 30 heavy (non-hydrogen) atoms. The zero-order chi connectivity index (χ0) is 21.3. The fourth-order valence-electron chi connectivity index (χ4n) is 3.48. The Morgan fingerprint density at radius 1 is 1.00 bits per heavy atom. The van der Waals surface area contributed by atoms with Crippen LogP contribution in [0.5, 0.6) is 11.5 Å². The van der Waals surface area contributed by atoms with Gasteiger partial charge in [-0.2, -0.15) is 5.10 Å². The van der Waals surface area contributed by atoms with E-state index < -0.39 is 5.97 Å². The second-order valence-electron chi connectivity index (χ2n) is 6.55. The number of rotatable bonds is 6. The van der Waals surface area contributed by atoms with Gasteiger partial charge in [-0.3, -0.25) is 4.79 Å². The highest BCUT2D eigenvalue weighted by molar-refractivity contribution is 6.14. The fourth-order valence-corrected chi connectivity index (χ4v) is 3.48. The van der Waals surface area contributed by atoms with Crippen LogP contribution in [0.4, 0.5) is 0 Å². The van der Waals surface area contributed by atoms with E-state index in [1.54, 1.807) is 31.3 Å². The van der Waals surface area contributed by atoms with Crippen LogP contribution >= 0.6 is 0 Å². The van der Waals surface area contributed by atoms with E-state index in [1.165, 1.54) is 24.8 Å². The highest BCUT2D eigenvalue weighted by Gasteiger charge is 2.24. The molecule has 0 saturated heterocycles. The van der Waals surface area contributed by atoms with Crippen molar-refractivity contribution in [1.82, 2.24) is 9.61 Å². The minimum Gasteiger partial charge on any atom is -0.493 e. The van der Waals surface area contributed by atoms with Crippen LogP contribution < -0.4 is 9.47 Å². The van der Waals surface area contributed by atoms with Gasteiger partial charge in [0, 0.05) is 16.3 Å². The molecule has 0 unspecified atom stereocenters. The number of methoxy groups -OCH3 is 2. The van der Waals surface area contributed by atoms with Crippen molar-refractivity contribution >= 4 is 28.0 Å². The average Bonchev–Trinajstić information content (AvgIpc) is 3.18. The summed E-state index contributed by atoms with van der Waals surface area (Å²) in [6, 6.07) is 14.0. The molecule has 7 nitrogen and oxygen atoms in total. The quantitative estimate of drug-likeness (QED) is 0.358. The number of carbonyl (C=O) groups is 2. The van der Waals surface area contributed by atoms with Gasteiger partial charge in [-0.05, 0) is 31.2 Å². The zero-order valence-corrected chi connectivity index (χ0v) is 16.8. The summed E-state index contributed by atoms with van der Waals surface area (Å²) >= 11 is 0. The molecular weight excluding hydrogens is 384 g/mol. The maximum atomic E-state index is 13.3. The summed E-state index contributed by atoms with van der Waals surface area (Å²) < 4.78 is 17.3. The molecule has 4 aromatic rings. The van der Waals surface area contributed by atoms with Gasteiger partial charge in [0.15, 0.2) is 11.5 Å². The third-order valence-corrected chi connectivity index (χ3v) is 4.88. The molecule has 0 N–H and O–H groups in total. The highest BCUT2D eigenvalue weighted by Crippen LogP contribution is 2.30. The van der Waals surface area contributed by atoms with Crippen LogP contribution in [-0.4, -0.2) is 42.2 Å². The molecule has 0 spiro atoms. The largest absolute Gasteiger partial charge is 0.493 e. The zero-order valence-electron chi connectivity index (χ0n) is 16.8. The SMILES string of the molecule is CCOC(=O)c1cc(C(=O)c2ccc(OC)c(OC)c2)n2ncc3ccccc3c12. The number of aromatic nitrogens is 2. The van der Waals surface area contributed by atoms with E-state index in [2.05, 4.69) is 5.10 Å². The number of hydrogen-bond donors (Lipinski definition) is 0. The summed E-state index contributed by atoms with van der Waals surface area (Å²) in [5.41, 5.74) is 1.48. The Hall–Kier alpha value is -3.87. The Kier molecular flexibility index (Phi) is 5.10. The van der Waals surface area contributed by atoms with Gasteiger partial charge in [-0.25, -0.2) is 9.31 Å². The first-order chi connectivity index (χ1) is 14.6. The molecule has 0 aliphatic rings. The Morgan fingerprint density at radius 2 is 1.77 bits per heavy atom. The minimum absolute atomic E-state index is 0.229. The molecule has 0 radical (unpaired) electrons. The van der Waals surface area contributed by atoms with E-state index >= 15 is 0 Å². The van der Waals surface area contributed by atoms with Crippen molar-refractivity contribution in [1.29, 1.82) is 0 Å². The van der Waals surface area contributed by atoms with Gasteiger partial charge in [0.05, 0.1) is 38.1 Å². The molecule has 152 valence electrons. The fraction of sp³-hybridized carbons (Fsp3) is 0.174. The maximum Gasteiger partial charge on any atom is 0.340 e. The molecule has 4 rings (SSSR count). The Balaban J connectivity index is 1.94. The number of fused-ring (bicyclic) bond motifs is 3. The molecule has 0 aliphatic heterocycles. The van der Waals surface area contributed by atoms with Gasteiger partial charge < -0.3 is 14.2 Å². The van der Waals surface area contributed by atoms with Crippen LogP contribution in [0.3, 0.4) is 0 Å². The second kappa shape index (κ2) is 7.87. The molecule has 0 saturated carbocycles. The molecule has 0 amide bonds. The van der Waals surface area contributed by atoms with Crippen molar-refractivity contribution in [3.05, 3.63) is 71.5 Å². The second-order valence-corrected chi connectivity index (χ2v) is 6.55. The number of esters is 1. The van der Waals surface area contributed by atoms with Crippen molar-refractivity contribution in [3.63, 3.8) is 0 Å². The molecule has 2 heterocycles. The molecule has 0 fully saturated rings. The smallest absolute Gasteiger partial charge is 0.340 e. The predicted octanol–water partition coefficient (Wildman–Crippen LogP) is 3.91. The summed E-state index contributed by atoms with van der Waals surface area (Å²) in [6.45, 7) is 1.97. The number of nitrogens with zero attached hydrogens (tertiary/aromatic N) is 2. The lowest BCUT2D eigenvalue weighted by Crippen LogP contribution is -2.07. The van der Waals surface area contributed by atoms with Crippen LogP contribution in [0.1, 0.15) is 33.3 Å². The van der Waals surface area contributed by atoms with Crippen molar-refractivity contribution in [2.24, 2.45) is 0 Å². The molecular formula is C23H20N2O5. The Bertz CT molecular complexity index is 1280. The third kappa shape index (κ3) is 3.14. The van der Waals surface area contributed by atoms with Gasteiger partial charge in [0.1, 0.15) is 5.69 Å². The standard InChI is InChI=1S/C23H20N2O5/c1-4-30-23(27)17-12-18(22(26)14-9-10-19(28-2)20(11-14)29-3)25-21(17)16-8-6-5-7-15(16)13-24-25/h5-13H,4H2,1-3H3. The number of ether oxygens (including phenoxy) is 3. The van der Waals surface area contributed by atoms with Crippen LogP contribution in [-0.2, 0) is 4.74 Å². The number of ketones is 1. The summed E-state index contributed by atoms with van der Waals surface area (Å²) in [4.78, 5) is 26.0. The van der Waals surface area contributed by atoms with Gasteiger partial charge in [0.25, 0.3) is 0 Å². The van der Waals surface area contributed by atoms with E-state index in [-0.39, 0.29) is 18.1 Å². The van der Waals surface area contributed by atoms with Crippen LogP contribution in [0.25, 0.3) is 16.3 Å². The number of benzene rings is 2. The average molecular weight is 404 g/mol. The molecule has 0 bridgehead atoms. The first-order valence-corrected chi connectivity index (χ1v) is 9.42. The Labute approximate surface area is 172 Å². The summed E-state index contributed by atoms with van der Waals surface area (Å²) in [5.74, 6) is 0.155. The normalized spacial score (nSPS) is 10.9. The summed E-state index contributed by atoms with van der Waals surface area (Å²) in [5, 5.41) is 6.09. The summed E-state index contributed by atoms with van der Waals surface area (Å²) in [6.07, 6.45) is 1.67. The molecule has 2 aromatic carbocycles. The lowest BCUT2D eigenvalue weighted by atomic mass is 10.1. The van der Waals surface area contributed by atoms with Gasteiger partial charge >= 0.3 is 5.97 Å². The first kappa shape index (κ1) is 19.4. The van der Waals surface area contributed by atoms with Crippen LogP contribution in [0.2, 0.25) is 0 Å². The number of carbonyl (C=O) groups excluding carboxylic acids is 2. The molecule has 7 heteroatoms. The molecule has 0 atom stereocenters.